The number of nitrogens with two attached hydrogens (primary N) is 2. The number of benzene rings is 1. The standard InChI is InChI=1S/C22H27N7O/c23-22(24)26-12-15-6-8-17(9-7-15)21(30)28-19-10-11-25-20-18(19)13-27-29(20)14-16-4-2-1-3-5-16/h1-5,10-11,13,15,17H,6-9,12,14H2,(H4,23,24,26)(H,25,28,30). The van der Waals surface area contributed by atoms with E-state index in [0.717, 1.165) is 48.0 Å². The van der Waals surface area contributed by atoms with Gasteiger partial charge < -0.3 is 16.8 Å². The van der Waals surface area contributed by atoms with E-state index >= 15 is 0 Å². The summed E-state index contributed by atoms with van der Waals surface area (Å²) in [6.45, 7) is 1.27. The van der Waals surface area contributed by atoms with Crippen molar-refractivity contribution in [2.45, 2.75) is 32.2 Å². The number of hydrogen-bond donors (Lipinski definition) is 3. The highest BCUT2D eigenvalue weighted by molar-refractivity contribution is 6.00. The Hall–Kier alpha value is -3.42. The van der Waals surface area contributed by atoms with E-state index in [-0.39, 0.29) is 17.8 Å². The van der Waals surface area contributed by atoms with Gasteiger partial charge in [0.1, 0.15) is 0 Å². The van der Waals surface area contributed by atoms with Crippen molar-refractivity contribution in [2.75, 3.05) is 11.9 Å². The molecule has 4 rings (SSSR count). The maximum Gasteiger partial charge on any atom is 0.227 e. The second-order valence-corrected chi connectivity index (χ2v) is 7.86. The zero-order valence-electron chi connectivity index (χ0n) is 16.9. The third-order valence-corrected chi connectivity index (χ3v) is 5.72. The largest absolute Gasteiger partial charge is 0.370 e. The second kappa shape index (κ2) is 8.94. The van der Waals surface area contributed by atoms with Crippen LogP contribution in [0.25, 0.3) is 11.0 Å². The lowest BCUT2D eigenvalue weighted by atomic mass is 9.81. The Kier molecular flexibility index (Phi) is 5.92. The number of anilines is 1. The Labute approximate surface area is 175 Å². The molecule has 8 nitrogen and oxygen atoms in total. The lowest BCUT2D eigenvalue weighted by molar-refractivity contribution is -0.121. The first kappa shape index (κ1) is 19.9. The van der Waals surface area contributed by atoms with Gasteiger partial charge in [0.05, 0.1) is 23.8 Å². The van der Waals surface area contributed by atoms with Gasteiger partial charge in [0.15, 0.2) is 11.6 Å². The molecule has 8 heteroatoms. The zero-order chi connectivity index (χ0) is 20.9. The van der Waals surface area contributed by atoms with Crippen molar-refractivity contribution in [1.29, 1.82) is 0 Å². The van der Waals surface area contributed by atoms with Crippen LogP contribution in [0, 0.1) is 11.8 Å². The van der Waals surface area contributed by atoms with Crippen molar-refractivity contribution >= 4 is 28.6 Å². The summed E-state index contributed by atoms with van der Waals surface area (Å²) in [5.41, 5.74) is 13.5. The topological polar surface area (TPSA) is 124 Å². The second-order valence-electron chi connectivity index (χ2n) is 7.86. The molecular weight excluding hydrogens is 378 g/mol. The van der Waals surface area contributed by atoms with Crippen LogP contribution in [-0.4, -0.2) is 33.2 Å². The molecule has 0 unspecified atom stereocenters. The smallest absolute Gasteiger partial charge is 0.227 e. The van der Waals surface area contributed by atoms with Crippen molar-refractivity contribution < 1.29 is 4.79 Å². The van der Waals surface area contributed by atoms with Gasteiger partial charge in [0.2, 0.25) is 5.91 Å². The highest BCUT2D eigenvalue weighted by Crippen LogP contribution is 2.31. The van der Waals surface area contributed by atoms with Crippen LogP contribution in [0.3, 0.4) is 0 Å². The number of nitrogens with zero attached hydrogens (tertiary/aromatic N) is 4. The van der Waals surface area contributed by atoms with Crippen LogP contribution in [-0.2, 0) is 11.3 Å². The summed E-state index contributed by atoms with van der Waals surface area (Å²) < 4.78 is 1.86. The molecule has 1 saturated carbocycles. The maximum absolute atomic E-state index is 12.9. The molecule has 0 aliphatic heterocycles. The lowest BCUT2D eigenvalue weighted by Gasteiger charge is -2.26. The summed E-state index contributed by atoms with van der Waals surface area (Å²) in [5.74, 6) is 0.631. The number of nitrogens with one attached hydrogen (secondary N) is 1. The summed E-state index contributed by atoms with van der Waals surface area (Å²) in [5, 5.41) is 8.43. The minimum atomic E-state index is 0.00281. The molecule has 2 aromatic heterocycles. The van der Waals surface area contributed by atoms with Crippen LogP contribution in [0.4, 0.5) is 5.69 Å². The van der Waals surface area contributed by atoms with Gasteiger partial charge in [-0.1, -0.05) is 30.3 Å². The Morgan fingerprint density at radius 2 is 1.90 bits per heavy atom. The van der Waals surface area contributed by atoms with Gasteiger partial charge in [-0.2, -0.15) is 5.10 Å². The van der Waals surface area contributed by atoms with Crippen LogP contribution in [0.5, 0.6) is 0 Å². The van der Waals surface area contributed by atoms with Crippen molar-refractivity contribution in [3.63, 3.8) is 0 Å². The first-order valence-corrected chi connectivity index (χ1v) is 10.3. The quantitative estimate of drug-likeness (QED) is 0.429. The highest BCUT2D eigenvalue weighted by atomic mass is 16.1. The van der Waals surface area contributed by atoms with Crippen LogP contribution in [0.15, 0.2) is 53.8 Å². The molecule has 1 aromatic carbocycles. The molecule has 0 spiro atoms. The van der Waals surface area contributed by atoms with Crippen molar-refractivity contribution in [3.05, 3.63) is 54.4 Å². The first-order chi connectivity index (χ1) is 14.6. The molecule has 0 saturated heterocycles. The zero-order valence-corrected chi connectivity index (χ0v) is 16.9. The molecule has 1 aliphatic carbocycles. The third-order valence-electron chi connectivity index (χ3n) is 5.72. The molecule has 1 fully saturated rings. The van der Waals surface area contributed by atoms with E-state index in [4.69, 9.17) is 11.5 Å². The fourth-order valence-electron chi connectivity index (χ4n) is 4.03. The van der Waals surface area contributed by atoms with Crippen LogP contribution in [0.1, 0.15) is 31.2 Å². The van der Waals surface area contributed by atoms with E-state index in [1.54, 1.807) is 12.4 Å². The molecular formula is C22H27N7O. The summed E-state index contributed by atoms with van der Waals surface area (Å²) in [7, 11) is 0. The molecule has 1 amide bonds. The molecule has 0 radical (unpaired) electrons. The van der Waals surface area contributed by atoms with Gasteiger partial charge in [-0.3, -0.25) is 9.79 Å². The maximum atomic E-state index is 12.9. The predicted octanol–water partition coefficient (Wildman–Crippen LogP) is 2.50. The van der Waals surface area contributed by atoms with Crippen molar-refractivity contribution in [3.8, 4) is 0 Å². The number of guanidine groups is 1. The number of carbonyl (C=O) groups excluding carboxylic acids is 1. The number of fused-ring (bicyclic) bond motifs is 1. The van der Waals surface area contributed by atoms with E-state index in [1.165, 1.54) is 0 Å². The van der Waals surface area contributed by atoms with E-state index in [2.05, 4.69) is 32.5 Å². The highest BCUT2D eigenvalue weighted by Gasteiger charge is 2.26. The van der Waals surface area contributed by atoms with Crippen molar-refractivity contribution in [2.24, 2.45) is 28.3 Å². The monoisotopic (exact) mass is 405 g/mol. The summed E-state index contributed by atoms with van der Waals surface area (Å²) >= 11 is 0. The van der Waals surface area contributed by atoms with Gasteiger partial charge in [-0.25, -0.2) is 9.67 Å². The molecule has 0 atom stereocenters. The van der Waals surface area contributed by atoms with E-state index < -0.39 is 0 Å². The minimum absolute atomic E-state index is 0.00281. The number of amides is 1. The number of carbonyl (C=O) groups is 1. The molecule has 3 aromatic rings. The van der Waals surface area contributed by atoms with E-state index in [0.29, 0.717) is 19.0 Å². The van der Waals surface area contributed by atoms with Gasteiger partial charge in [0, 0.05) is 18.7 Å². The van der Waals surface area contributed by atoms with Gasteiger partial charge in [0.25, 0.3) is 0 Å². The van der Waals surface area contributed by atoms with Gasteiger partial charge >= 0.3 is 0 Å². The van der Waals surface area contributed by atoms with Gasteiger partial charge in [-0.05, 0) is 43.2 Å². The number of aromatic nitrogens is 3. The Morgan fingerprint density at radius 3 is 2.63 bits per heavy atom. The van der Waals surface area contributed by atoms with E-state index in [9.17, 15) is 4.79 Å². The summed E-state index contributed by atoms with van der Waals surface area (Å²) in [6, 6.07) is 12.0. The number of rotatable bonds is 6. The normalized spacial score (nSPS) is 18.8. The first-order valence-electron chi connectivity index (χ1n) is 10.3. The molecule has 156 valence electrons. The summed E-state index contributed by atoms with van der Waals surface area (Å²) in [6.07, 6.45) is 7.08. The summed E-state index contributed by atoms with van der Waals surface area (Å²) in [4.78, 5) is 21.4. The average molecular weight is 406 g/mol. The third kappa shape index (κ3) is 4.59. The molecule has 5 N–H and O–H groups in total. The molecule has 30 heavy (non-hydrogen) atoms. The fourth-order valence-corrected chi connectivity index (χ4v) is 4.03. The van der Waals surface area contributed by atoms with Crippen molar-refractivity contribution in [1.82, 2.24) is 14.8 Å². The number of pyridine rings is 1. The molecule has 1 aliphatic rings. The fraction of sp³-hybridized carbons (Fsp3) is 0.364. The van der Waals surface area contributed by atoms with Crippen LogP contribution < -0.4 is 16.8 Å². The number of aliphatic imine (C=N–C) groups is 1. The SMILES string of the molecule is NC(N)=NCC1CCC(C(=O)Nc2ccnc3c2cnn3Cc2ccccc2)CC1. The predicted molar refractivity (Wildman–Crippen MR) is 118 cm³/mol. The minimum Gasteiger partial charge on any atom is -0.370 e. The molecule has 2 heterocycles. The van der Waals surface area contributed by atoms with Crippen LogP contribution in [0.2, 0.25) is 0 Å². The lowest BCUT2D eigenvalue weighted by Crippen LogP contribution is -2.29. The van der Waals surface area contributed by atoms with Gasteiger partial charge in [-0.15, -0.1) is 0 Å². The average Bonchev–Trinajstić information content (AvgIpc) is 3.17. The molecule has 0 bridgehead atoms. The Bertz CT molecular complexity index is 1030. The van der Waals surface area contributed by atoms with Crippen LogP contribution >= 0.6 is 0 Å². The van der Waals surface area contributed by atoms with E-state index in [1.807, 2.05) is 28.9 Å². The number of hydrogen-bond acceptors (Lipinski definition) is 4. The Balaban J connectivity index is 1.42. The Morgan fingerprint density at radius 1 is 1.13 bits per heavy atom.